The molecule has 0 radical (unpaired) electrons. The highest BCUT2D eigenvalue weighted by Crippen LogP contribution is 2.44. The highest BCUT2D eigenvalue weighted by Gasteiger charge is 2.31. The monoisotopic (exact) mass is 1230 g/mol. The Hall–Kier alpha value is -9.49. The van der Waals surface area contributed by atoms with Gasteiger partial charge in [0.05, 0.1) is 20.3 Å². The van der Waals surface area contributed by atoms with E-state index in [9.17, 15) is 24.0 Å². The number of methoxy groups -OCH3 is 2. The van der Waals surface area contributed by atoms with Gasteiger partial charge in [-0.25, -0.2) is 14.4 Å². The number of aryl methyl sites for hydroxylation is 4. The second kappa shape index (κ2) is 31.9. The zero-order valence-electron chi connectivity index (χ0n) is 50.7. The highest BCUT2D eigenvalue weighted by molar-refractivity contribution is 7.81. The maximum atomic E-state index is 13.7. The number of amides is 3. The maximum Gasteiger partial charge on any atom is 0.407 e. The molecular weight excluding hydrogens is 1160 g/mol. The zero-order chi connectivity index (χ0) is 63.4. The SMILES string of the molecule is CCc1cccc(C)c1C(=S)N[C@@H](Cc1ccc(NC(=O)C(Cc2cccnc2)NC(=O)OCC2c3ccccc3-c3ccccc32)cc1)C(=O)OC.CCc1cccc(C)c1C(=S)N[C@@H](Cc1ccc(NC(=O)C(N)Cc2cccnc2)cc1)C(=O)OC. The third-order valence-electron chi connectivity index (χ3n) is 15.5. The largest absolute Gasteiger partial charge is 0.467 e. The van der Waals surface area contributed by atoms with E-state index in [2.05, 4.69) is 74.7 Å². The number of thiocarbonyl (C=S) groups is 2. The Morgan fingerprint density at radius 1 is 0.506 bits per heavy atom. The minimum absolute atomic E-state index is 0.113. The van der Waals surface area contributed by atoms with Gasteiger partial charge in [0.25, 0.3) is 0 Å². The van der Waals surface area contributed by atoms with E-state index in [1.54, 1.807) is 55.1 Å². The van der Waals surface area contributed by atoms with Crippen molar-refractivity contribution in [3.8, 4) is 11.1 Å². The van der Waals surface area contributed by atoms with Gasteiger partial charge in [-0.05, 0) is 136 Å². The summed E-state index contributed by atoms with van der Waals surface area (Å²) in [6.45, 7) is 8.27. The Morgan fingerprint density at radius 2 is 0.944 bits per heavy atom. The van der Waals surface area contributed by atoms with Gasteiger partial charge >= 0.3 is 18.0 Å². The van der Waals surface area contributed by atoms with Gasteiger partial charge in [-0.3, -0.25) is 19.6 Å². The molecule has 4 atom stereocenters. The van der Waals surface area contributed by atoms with E-state index in [1.807, 2.05) is 117 Å². The van der Waals surface area contributed by atoms with Crippen molar-refractivity contribution >= 4 is 75.6 Å². The van der Waals surface area contributed by atoms with E-state index in [0.717, 1.165) is 90.7 Å². The number of carbonyl (C=O) groups is 5. The van der Waals surface area contributed by atoms with Crippen LogP contribution in [-0.4, -0.2) is 94.8 Å². The van der Waals surface area contributed by atoms with Gasteiger partial charge in [0.15, 0.2) is 0 Å². The van der Waals surface area contributed by atoms with Crippen molar-refractivity contribution in [1.29, 1.82) is 0 Å². The van der Waals surface area contributed by atoms with Crippen LogP contribution < -0.4 is 32.3 Å². The molecule has 2 heterocycles. The lowest BCUT2D eigenvalue weighted by Crippen LogP contribution is -2.45. The number of hydrogen-bond donors (Lipinski definition) is 6. The van der Waals surface area contributed by atoms with Crippen molar-refractivity contribution in [3.63, 3.8) is 0 Å². The third kappa shape index (κ3) is 17.6. The lowest BCUT2D eigenvalue weighted by atomic mass is 9.98. The summed E-state index contributed by atoms with van der Waals surface area (Å²) in [5.41, 5.74) is 21.2. The molecule has 6 aromatic carbocycles. The number of anilines is 2. The molecule has 9 rings (SSSR count). The molecule has 0 fully saturated rings. The van der Waals surface area contributed by atoms with Gasteiger partial charge < -0.3 is 46.5 Å². The van der Waals surface area contributed by atoms with Crippen LogP contribution in [0.15, 0.2) is 183 Å². The molecule has 1 aliphatic rings. The quantitative estimate of drug-likeness (QED) is 0.0199. The minimum Gasteiger partial charge on any atom is -0.467 e. The van der Waals surface area contributed by atoms with Crippen molar-refractivity contribution in [3.05, 3.63) is 249 Å². The van der Waals surface area contributed by atoms with Gasteiger partial charge in [0.1, 0.15) is 34.7 Å². The van der Waals surface area contributed by atoms with E-state index in [1.165, 1.54) is 14.2 Å². The second-order valence-electron chi connectivity index (χ2n) is 21.6. The average Bonchev–Trinajstić information content (AvgIpc) is 2.26. The molecule has 458 valence electrons. The number of nitrogens with two attached hydrogens (primary N) is 1. The Bertz CT molecular complexity index is 3730. The summed E-state index contributed by atoms with van der Waals surface area (Å²) in [4.78, 5) is 74.0. The fourth-order valence-corrected chi connectivity index (χ4v) is 11.7. The molecule has 0 bridgehead atoms. The molecule has 1 aliphatic carbocycles. The molecule has 0 saturated carbocycles. The van der Waals surface area contributed by atoms with E-state index >= 15 is 0 Å². The minimum atomic E-state index is -0.946. The first-order valence-corrected chi connectivity index (χ1v) is 30.3. The number of benzene rings is 6. The zero-order valence-corrected chi connectivity index (χ0v) is 52.3. The van der Waals surface area contributed by atoms with Gasteiger partial charge in [0, 0.05) is 72.5 Å². The number of pyridine rings is 2. The summed E-state index contributed by atoms with van der Waals surface area (Å²) in [7, 11) is 2.71. The fourth-order valence-electron chi connectivity index (χ4n) is 10.8. The molecule has 0 saturated heterocycles. The average molecular weight is 1230 g/mol. The lowest BCUT2D eigenvalue weighted by Gasteiger charge is -2.21. The van der Waals surface area contributed by atoms with E-state index in [0.29, 0.717) is 40.6 Å². The molecule has 7 N–H and O–H groups in total. The van der Waals surface area contributed by atoms with Crippen molar-refractivity contribution in [2.75, 3.05) is 31.5 Å². The first-order chi connectivity index (χ1) is 43.1. The fraction of sp³-hybridized carbons (Fsp3) is 0.254. The molecule has 2 unspecified atom stereocenters. The van der Waals surface area contributed by atoms with E-state index in [-0.39, 0.29) is 24.9 Å². The number of hydrogen-bond acceptors (Lipinski definition) is 13. The molecule has 89 heavy (non-hydrogen) atoms. The molecule has 8 aromatic rings. The lowest BCUT2D eigenvalue weighted by molar-refractivity contribution is -0.143. The standard InChI is InChI=1S/C43H42N4O5S.C28H32N4O3S/c1-4-30-13-9-11-27(2)39(30)41(53)46-38(42(49)51-3)23-28-18-20-31(21-19-28)45-40(48)37(24-29-12-10-22-44-25-29)47-43(50)52-26-36-34-16-7-5-14-32(34)33-15-6-8-17-35(33)36;1-4-21-9-5-7-18(2)25(21)27(36)32-24(28(34)35-3)16-19-10-12-22(13-11-19)31-26(33)23(29)15-20-8-6-14-30-17-20/h5-22,25,36-38H,4,23-24,26H2,1-3H3,(H,45,48)(H,46,53)(H,47,50);5-14,17,23-24H,4,15-16,29H2,1-3H3,(H,31,33)(H,32,36)/t37?,38-;23?,24-/m00/s1. The maximum absolute atomic E-state index is 13.7. The van der Waals surface area contributed by atoms with Crippen LogP contribution in [0.1, 0.15) is 86.5 Å². The molecule has 3 amide bonds. The van der Waals surface area contributed by atoms with Crippen molar-refractivity contribution in [2.24, 2.45) is 5.73 Å². The van der Waals surface area contributed by atoms with Crippen LogP contribution in [0, 0.1) is 13.8 Å². The first-order valence-electron chi connectivity index (χ1n) is 29.5. The number of rotatable bonds is 23. The van der Waals surface area contributed by atoms with Crippen molar-refractivity contribution in [2.45, 2.75) is 96.3 Å². The van der Waals surface area contributed by atoms with Gasteiger partial charge in [-0.1, -0.05) is 160 Å². The summed E-state index contributed by atoms with van der Waals surface area (Å²) in [6, 6.07) is 47.1. The predicted octanol–water partition coefficient (Wildman–Crippen LogP) is 10.6. The number of nitrogens with zero attached hydrogens (tertiary/aromatic N) is 2. The summed E-state index contributed by atoms with van der Waals surface area (Å²) in [5, 5.41) is 15.0. The predicted molar refractivity (Wildman–Crippen MR) is 356 cm³/mol. The number of nitrogens with one attached hydrogen (secondary N) is 5. The van der Waals surface area contributed by atoms with Crippen molar-refractivity contribution in [1.82, 2.24) is 25.9 Å². The highest BCUT2D eigenvalue weighted by atomic mass is 32.1. The second-order valence-corrected chi connectivity index (χ2v) is 22.4. The normalized spacial score (nSPS) is 12.6. The molecular formula is C71H74N8O8S2. The van der Waals surface area contributed by atoms with Crippen LogP contribution in [0.4, 0.5) is 16.2 Å². The Kier molecular flexibility index (Phi) is 23.5. The molecule has 0 spiro atoms. The van der Waals surface area contributed by atoms with Crippen LogP contribution >= 0.6 is 24.4 Å². The number of aromatic nitrogens is 2. The summed E-state index contributed by atoms with van der Waals surface area (Å²) in [6.07, 6.45) is 8.90. The smallest absolute Gasteiger partial charge is 0.407 e. The number of esters is 2. The summed E-state index contributed by atoms with van der Waals surface area (Å²) < 4.78 is 15.9. The van der Waals surface area contributed by atoms with Gasteiger partial charge in [0.2, 0.25) is 11.8 Å². The molecule has 0 aliphatic heterocycles. The summed E-state index contributed by atoms with van der Waals surface area (Å²) >= 11 is 11.4. The van der Waals surface area contributed by atoms with E-state index in [4.69, 9.17) is 44.4 Å². The molecule has 2 aromatic heterocycles. The Labute approximate surface area is 530 Å². The van der Waals surface area contributed by atoms with Crippen molar-refractivity contribution < 1.29 is 38.2 Å². The number of fused-ring (bicyclic) bond motifs is 3. The topological polar surface area (TPSA) is 225 Å². The van der Waals surface area contributed by atoms with Crippen LogP contribution in [0.25, 0.3) is 11.1 Å². The number of carbonyl (C=O) groups excluding carboxylic acids is 5. The Balaban J connectivity index is 0.000000248. The van der Waals surface area contributed by atoms with Crippen LogP contribution in [0.3, 0.4) is 0 Å². The van der Waals surface area contributed by atoms with Crippen LogP contribution in [0.5, 0.6) is 0 Å². The van der Waals surface area contributed by atoms with E-state index < -0.39 is 48.1 Å². The van der Waals surface area contributed by atoms with Crippen LogP contribution in [0.2, 0.25) is 0 Å². The molecule has 16 nitrogen and oxygen atoms in total. The first kappa shape index (κ1) is 65.5. The van der Waals surface area contributed by atoms with Gasteiger partial charge in [-0.15, -0.1) is 0 Å². The Morgan fingerprint density at radius 3 is 1.38 bits per heavy atom. The van der Waals surface area contributed by atoms with Gasteiger partial charge in [-0.2, -0.15) is 0 Å². The summed E-state index contributed by atoms with van der Waals surface area (Å²) in [5.74, 6) is -1.65. The number of alkyl carbamates (subject to hydrolysis) is 1. The third-order valence-corrected chi connectivity index (χ3v) is 16.1. The number of ether oxygens (including phenoxy) is 3. The molecule has 18 heteroatoms. The van der Waals surface area contributed by atoms with Crippen LogP contribution in [-0.2, 0) is 71.9 Å².